The maximum atomic E-state index is 3.26. The number of hydrogen-bond acceptors (Lipinski definition) is 0. The molecule has 0 saturated heterocycles. The molecule has 0 atom stereocenters. The van der Waals surface area contributed by atoms with E-state index in [0.717, 1.165) is 6.42 Å². The van der Waals surface area contributed by atoms with Crippen LogP contribution in [0.1, 0.15) is 27.2 Å². The fraction of sp³-hybridized carbons (Fsp3) is 0.500. The van der Waals surface area contributed by atoms with Crippen molar-refractivity contribution in [1.82, 2.24) is 0 Å². The molecule has 0 nitrogen and oxygen atoms in total. The molecular formula is C8H11Li. The average Bonchev–Trinajstić information content (AvgIpc) is 1.85. The van der Waals surface area contributed by atoms with E-state index < -0.39 is 0 Å². The second kappa shape index (κ2) is 3.30. The Morgan fingerprint density at radius 3 is 1.89 bits per heavy atom. The normalized spacial score (nSPS) is 17.4. The van der Waals surface area contributed by atoms with E-state index >= 15 is 0 Å². The number of allylic oxidation sites excluding steroid dienone is 4. The Bertz CT molecular complexity index is 163. The molecule has 1 heteroatoms. The molecule has 0 spiro atoms. The monoisotopic (exact) mass is 114 g/mol. The maximum absolute atomic E-state index is 3.26. The summed E-state index contributed by atoms with van der Waals surface area (Å²) in [6, 6.07) is 0. The van der Waals surface area contributed by atoms with Crippen molar-refractivity contribution in [2.45, 2.75) is 27.2 Å². The van der Waals surface area contributed by atoms with Gasteiger partial charge in [0.1, 0.15) is 0 Å². The summed E-state index contributed by atoms with van der Waals surface area (Å²) in [6.07, 6.45) is 4.41. The molecule has 0 aromatic heterocycles. The van der Waals surface area contributed by atoms with Crippen LogP contribution in [0.25, 0.3) is 0 Å². The molecule has 0 amide bonds. The molecule has 0 radical (unpaired) electrons. The van der Waals surface area contributed by atoms with Gasteiger partial charge in [-0.1, -0.05) is 20.3 Å². The molecule has 0 bridgehead atoms. The van der Waals surface area contributed by atoms with Crippen LogP contribution in [0.5, 0.6) is 0 Å². The van der Waals surface area contributed by atoms with Crippen molar-refractivity contribution in [1.29, 1.82) is 0 Å². The van der Waals surface area contributed by atoms with E-state index in [0.29, 0.717) is 0 Å². The van der Waals surface area contributed by atoms with Gasteiger partial charge < -0.3 is 0 Å². The van der Waals surface area contributed by atoms with Crippen molar-refractivity contribution in [3.63, 3.8) is 0 Å². The van der Waals surface area contributed by atoms with Crippen molar-refractivity contribution in [3.8, 4) is 0 Å². The Hall–Kier alpha value is 0.0774. The van der Waals surface area contributed by atoms with Gasteiger partial charge in [-0.25, -0.2) is 17.2 Å². The smallest absolute Gasteiger partial charge is 0.250 e. The van der Waals surface area contributed by atoms with Gasteiger partial charge in [0.05, 0.1) is 0 Å². The van der Waals surface area contributed by atoms with Gasteiger partial charge in [-0.15, -0.1) is 6.92 Å². The van der Waals surface area contributed by atoms with Gasteiger partial charge in [0.15, 0.2) is 0 Å². The summed E-state index contributed by atoms with van der Waals surface area (Å²) in [5.74, 6) is 0. The molecule has 0 saturated carbocycles. The van der Waals surface area contributed by atoms with Crippen LogP contribution >= 0.6 is 0 Å². The average molecular weight is 114 g/mol. The van der Waals surface area contributed by atoms with E-state index in [1.54, 1.807) is 0 Å². The third kappa shape index (κ3) is 2.05. The third-order valence-corrected chi connectivity index (χ3v) is 1.57. The van der Waals surface area contributed by atoms with Crippen LogP contribution in [-0.4, -0.2) is 0 Å². The molecule has 0 aliphatic heterocycles. The molecule has 1 aliphatic carbocycles. The van der Waals surface area contributed by atoms with Gasteiger partial charge >= 0.3 is 18.9 Å². The van der Waals surface area contributed by atoms with E-state index in [1.165, 1.54) is 16.7 Å². The predicted octanol–water partition coefficient (Wildman–Crippen LogP) is -0.520. The van der Waals surface area contributed by atoms with Crippen LogP contribution in [0.2, 0.25) is 0 Å². The van der Waals surface area contributed by atoms with Crippen LogP contribution in [0.15, 0.2) is 16.7 Å². The van der Waals surface area contributed by atoms with Crippen LogP contribution in [0, 0.1) is 6.08 Å². The fourth-order valence-electron chi connectivity index (χ4n) is 1.00. The number of rotatable bonds is 0. The van der Waals surface area contributed by atoms with E-state index in [2.05, 4.69) is 26.8 Å². The van der Waals surface area contributed by atoms with Crippen molar-refractivity contribution >= 4 is 0 Å². The second-order valence-electron chi connectivity index (χ2n) is 2.49. The van der Waals surface area contributed by atoms with Gasteiger partial charge in [0.25, 0.3) is 0 Å². The van der Waals surface area contributed by atoms with E-state index in [-0.39, 0.29) is 18.9 Å². The van der Waals surface area contributed by atoms with E-state index in [4.69, 9.17) is 0 Å². The van der Waals surface area contributed by atoms with Gasteiger partial charge in [-0.3, -0.25) is 0 Å². The van der Waals surface area contributed by atoms with Crippen LogP contribution in [0.3, 0.4) is 0 Å². The van der Waals surface area contributed by atoms with Gasteiger partial charge in [-0.2, -0.15) is 5.57 Å². The van der Waals surface area contributed by atoms with Crippen molar-refractivity contribution < 1.29 is 18.9 Å². The SMILES string of the molecule is CC1=[C-]C(C)=C(C)C1.[Li+]. The minimum Gasteiger partial charge on any atom is -0.250 e. The Morgan fingerprint density at radius 2 is 1.78 bits per heavy atom. The molecule has 0 N–H and O–H groups in total. The topological polar surface area (TPSA) is 0 Å². The zero-order valence-electron chi connectivity index (χ0n) is 6.71. The Morgan fingerprint density at radius 1 is 1.22 bits per heavy atom. The molecule has 1 rings (SSSR count). The first-order chi connectivity index (χ1) is 3.70. The van der Waals surface area contributed by atoms with Gasteiger partial charge in [0, 0.05) is 0 Å². The zero-order chi connectivity index (χ0) is 6.15. The predicted molar refractivity (Wildman–Crippen MR) is 35.4 cm³/mol. The van der Waals surface area contributed by atoms with Crippen LogP contribution < -0.4 is 18.9 Å². The van der Waals surface area contributed by atoms with Crippen molar-refractivity contribution in [2.24, 2.45) is 0 Å². The first-order valence-corrected chi connectivity index (χ1v) is 2.96. The quantitative estimate of drug-likeness (QED) is 0.293. The molecule has 0 heterocycles. The molecular weight excluding hydrogens is 103 g/mol. The Kier molecular flexibility index (Phi) is 3.33. The summed E-state index contributed by atoms with van der Waals surface area (Å²) in [5, 5.41) is 0. The van der Waals surface area contributed by atoms with Crippen molar-refractivity contribution in [2.75, 3.05) is 0 Å². The summed E-state index contributed by atoms with van der Waals surface area (Å²) in [7, 11) is 0. The first kappa shape index (κ1) is 9.08. The first-order valence-electron chi connectivity index (χ1n) is 2.96. The Labute approximate surface area is 69.2 Å². The van der Waals surface area contributed by atoms with E-state index in [9.17, 15) is 0 Å². The van der Waals surface area contributed by atoms with Crippen LogP contribution in [0.4, 0.5) is 0 Å². The largest absolute Gasteiger partial charge is 1.00 e. The van der Waals surface area contributed by atoms with Gasteiger partial charge in [0.2, 0.25) is 0 Å². The summed E-state index contributed by atoms with van der Waals surface area (Å²) in [6.45, 7) is 6.41. The van der Waals surface area contributed by atoms with E-state index in [1.807, 2.05) is 0 Å². The molecule has 1 aliphatic rings. The zero-order valence-corrected chi connectivity index (χ0v) is 6.71. The molecule has 9 heavy (non-hydrogen) atoms. The summed E-state index contributed by atoms with van der Waals surface area (Å²) < 4.78 is 0. The minimum atomic E-state index is 0. The standard InChI is InChI=1S/C8H11.Li/c1-6-4-7(2)8(3)5-6;/h4H2,1-3H3;/q-1;+1. The molecule has 44 valence electrons. The summed E-state index contributed by atoms with van der Waals surface area (Å²) >= 11 is 0. The molecule has 0 aromatic carbocycles. The van der Waals surface area contributed by atoms with Crippen LogP contribution in [-0.2, 0) is 0 Å². The molecule has 0 fully saturated rings. The molecule has 0 aromatic rings. The fourth-order valence-corrected chi connectivity index (χ4v) is 1.00. The Balaban J connectivity index is 0.000000640. The molecule has 0 unspecified atom stereocenters. The second-order valence-corrected chi connectivity index (χ2v) is 2.49. The summed E-state index contributed by atoms with van der Waals surface area (Å²) in [5.41, 5.74) is 4.19. The minimum absolute atomic E-state index is 0. The van der Waals surface area contributed by atoms with Gasteiger partial charge in [-0.05, 0) is 0 Å². The third-order valence-electron chi connectivity index (χ3n) is 1.57. The number of hydrogen-bond donors (Lipinski definition) is 0. The maximum Gasteiger partial charge on any atom is 1.00 e. The summed E-state index contributed by atoms with van der Waals surface area (Å²) in [4.78, 5) is 0. The van der Waals surface area contributed by atoms with Crippen molar-refractivity contribution in [3.05, 3.63) is 22.8 Å².